The van der Waals surface area contributed by atoms with Crippen LogP contribution in [0.2, 0.25) is 0 Å². The standard InChI is InChI=1S/C23H18F3N5O3/c24-23(25,26)14-7-9-15(10-8-14)30-22(33)28-12-13-3-1-4-16(11-13)29-21(32)17-5-2-6-18-19(17)20(27)31-34-18/h1-11H,12H2,(H2,27,31)(H,29,32)(H2,28,30,33). The second-order valence-corrected chi connectivity index (χ2v) is 7.28. The van der Waals surface area contributed by atoms with Gasteiger partial charge in [0.1, 0.15) is 0 Å². The van der Waals surface area contributed by atoms with E-state index in [-0.39, 0.29) is 18.1 Å². The maximum atomic E-state index is 12.8. The average Bonchev–Trinajstić information content (AvgIpc) is 3.19. The Morgan fingerprint density at radius 1 is 0.941 bits per heavy atom. The number of nitrogens with zero attached hydrogens (tertiary/aromatic N) is 1. The van der Waals surface area contributed by atoms with Gasteiger partial charge in [0.2, 0.25) is 0 Å². The summed E-state index contributed by atoms with van der Waals surface area (Å²) in [5.74, 6) is -0.302. The molecule has 1 aromatic heterocycles. The molecule has 4 aromatic rings. The first-order valence-corrected chi connectivity index (χ1v) is 9.97. The number of nitrogen functional groups attached to an aromatic ring is 1. The minimum Gasteiger partial charge on any atom is -0.380 e. The summed E-state index contributed by atoms with van der Waals surface area (Å²) in [4.78, 5) is 24.9. The van der Waals surface area contributed by atoms with E-state index in [9.17, 15) is 22.8 Å². The number of benzene rings is 3. The Morgan fingerprint density at radius 3 is 2.41 bits per heavy atom. The Hall–Kier alpha value is -4.54. The van der Waals surface area contributed by atoms with Crippen molar-refractivity contribution in [2.75, 3.05) is 16.4 Å². The van der Waals surface area contributed by atoms with E-state index in [0.29, 0.717) is 27.8 Å². The molecule has 0 aliphatic heterocycles. The fraction of sp³-hybridized carbons (Fsp3) is 0.0870. The Morgan fingerprint density at radius 2 is 1.68 bits per heavy atom. The van der Waals surface area contributed by atoms with Gasteiger partial charge >= 0.3 is 12.2 Å². The molecule has 0 unspecified atom stereocenters. The predicted octanol–water partition coefficient (Wildman–Crippen LogP) is 5.00. The molecule has 3 aromatic carbocycles. The zero-order chi connectivity index (χ0) is 24.3. The molecule has 11 heteroatoms. The summed E-state index contributed by atoms with van der Waals surface area (Å²) in [6.45, 7) is 0.115. The number of anilines is 3. The van der Waals surface area contributed by atoms with Crippen molar-refractivity contribution in [1.29, 1.82) is 0 Å². The maximum absolute atomic E-state index is 12.8. The summed E-state index contributed by atoms with van der Waals surface area (Å²) in [5, 5.41) is 11.9. The average molecular weight is 469 g/mol. The molecule has 1 heterocycles. The van der Waals surface area contributed by atoms with Crippen LogP contribution in [0.3, 0.4) is 0 Å². The Kier molecular flexibility index (Phi) is 6.09. The summed E-state index contributed by atoms with van der Waals surface area (Å²) in [7, 11) is 0. The number of nitrogens with two attached hydrogens (primary N) is 1. The van der Waals surface area contributed by atoms with Crippen molar-refractivity contribution in [3.8, 4) is 0 Å². The molecule has 0 aliphatic carbocycles. The molecule has 0 atom stereocenters. The first kappa shape index (κ1) is 22.6. The third kappa shape index (κ3) is 5.09. The van der Waals surface area contributed by atoms with Crippen molar-refractivity contribution in [3.63, 3.8) is 0 Å². The quantitative estimate of drug-likeness (QED) is 0.328. The van der Waals surface area contributed by atoms with Crippen LogP contribution in [0.4, 0.5) is 35.2 Å². The number of hydrogen-bond acceptors (Lipinski definition) is 5. The van der Waals surface area contributed by atoms with E-state index in [1.165, 1.54) is 12.1 Å². The molecule has 0 saturated carbocycles. The van der Waals surface area contributed by atoms with E-state index < -0.39 is 23.7 Å². The third-order valence-electron chi connectivity index (χ3n) is 4.88. The Labute approximate surface area is 190 Å². The fourth-order valence-electron chi connectivity index (χ4n) is 3.26. The minimum atomic E-state index is -4.45. The number of aromatic nitrogens is 1. The number of halogens is 3. The van der Waals surface area contributed by atoms with Crippen molar-refractivity contribution in [2.24, 2.45) is 0 Å². The molecule has 34 heavy (non-hydrogen) atoms. The zero-order valence-electron chi connectivity index (χ0n) is 17.4. The lowest BCUT2D eigenvalue weighted by Gasteiger charge is -2.11. The lowest BCUT2D eigenvalue weighted by Crippen LogP contribution is -2.28. The fourth-order valence-corrected chi connectivity index (χ4v) is 3.26. The van der Waals surface area contributed by atoms with Gasteiger partial charge in [0, 0.05) is 17.9 Å². The van der Waals surface area contributed by atoms with E-state index in [4.69, 9.17) is 10.3 Å². The van der Waals surface area contributed by atoms with Crippen LogP contribution in [0, 0.1) is 0 Å². The molecule has 4 rings (SSSR count). The van der Waals surface area contributed by atoms with Gasteiger partial charge in [-0.1, -0.05) is 23.4 Å². The van der Waals surface area contributed by atoms with Crippen LogP contribution >= 0.6 is 0 Å². The van der Waals surface area contributed by atoms with Crippen molar-refractivity contribution in [1.82, 2.24) is 10.5 Å². The molecule has 5 N–H and O–H groups in total. The van der Waals surface area contributed by atoms with Crippen LogP contribution < -0.4 is 21.7 Å². The molecular weight excluding hydrogens is 451 g/mol. The van der Waals surface area contributed by atoms with Crippen LogP contribution in [0.5, 0.6) is 0 Å². The first-order chi connectivity index (χ1) is 16.2. The monoisotopic (exact) mass is 469 g/mol. The van der Waals surface area contributed by atoms with Crippen molar-refractivity contribution in [2.45, 2.75) is 12.7 Å². The normalized spacial score (nSPS) is 11.3. The maximum Gasteiger partial charge on any atom is 0.416 e. The van der Waals surface area contributed by atoms with Gasteiger partial charge in [-0.05, 0) is 54.1 Å². The Bertz CT molecular complexity index is 1350. The number of alkyl halides is 3. The first-order valence-electron chi connectivity index (χ1n) is 9.97. The van der Waals surface area contributed by atoms with Crippen LogP contribution in [0.1, 0.15) is 21.5 Å². The molecule has 0 aliphatic rings. The summed E-state index contributed by atoms with van der Waals surface area (Å²) < 4.78 is 43.0. The van der Waals surface area contributed by atoms with Crippen LogP contribution in [-0.2, 0) is 12.7 Å². The smallest absolute Gasteiger partial charge is 0.380 e. The molecule has 174 valence electrons. The van der Waals surface area contributed by atoms with E-state index in [1.807, 2.05) is 0 Å². The highest BCUT2D eigenvalue weighted by atomic mass is 19.4. The SMILES string of the molecule is Nc1noc2cccc(C(=O)Nc3cccc(CNC(=O)Nc4ccc(C(F)(F)F)cc4)c3)c12. The van der Waals surface area contributed by atoms with E-state index in [1.54, 1.807) is 42.5 Å². The van der Waals surface area contributed by atoms with Gasteiger partial charge in [-0.3, -0.25) is 4.79 Å². The number of carbonyl (C=O) groups excluding carboxylic acids is 2. The topological polar surface area (TPSA) is 122 Å². The molecule has 0 saturated heterocycles. The largest absolute Gasteiger partial charge is 0.416 e. The van der Waals surface area contributed by atoms with Crippen LogP contribution in [-0.4, -0.2) is 17.1 Å². The lowest BCUT2D eigenvalue weighted by atomic mass is 10.1. The number of fused-ring (bicyclic) bond motifs is 1. The molecule has 0 spiro atoms. The molecular formula is C23H18F3N5O3. The molecule has 0 radical (unpaired) electrons. The van der Waals surface area contributed by atoms with Gasteiger partial charge in [-0.2, -0.15) is 13.2 Å². The summed E-state index contributed by atoms with van der Waals surface area (Å²) in [6.07, 6.45) is -4.45. The number of rotatable bonds is 5. The van der Waals surface area contributed by atoms with Gasteiger partial charge in [0.15, 0.2) is 11.4 Å². The predicted molar refractivity (Wildman–Crippen MR) is 120 cm³/mol. The van der Waals surface area contributed by atoms with Gasteiger partial charge < -0.3 is 26.2 Å². The zero-order valence-corrected chi connectivity index (χ0v) is 17.4. The van der Waals surface area contributed by atoms with E-state index in [2.05, 4.69) is 21.1 Å². The molecule has 8 nitrogen and oxygen atoms in total. The molecule has 0 fully saturated rings. The molecule has 3 amide bonds. The highest BCUT2D eigenvalue weighted by Crippen LogP contribution is 2.30. The third-order valence-corrected chi connectivity index (χ3v) is 4.88. The summed E-state index contributed by atoms with van der Waals surface area (Å²) >= 11 is 0. The van der Waals surface area contributed by atoms with Gasteiger partial charge in [-0.15, -0.1) is 0 Å². The van der Waals surface area contributed by atoms with Gasteiger partial charge in [0.05, 0.1) is 16.5 Å². The number of hydrogen-bond donors (Lipinski definition) is 4. The second kappa shape index (κ2) is 9.14. The number of carbonyl (C=O) groups is 2. The number of nitrogens with one attached hydrogen (secondary N) is 3. The van der Waals surface area contributed by atoms with Gasteiger partial charge in [-0.25, -0.2) is 4.79 Å². The van der Waals surface area contributed by atoms with E-state index in [0.717, 1.165) is 12.1 Å². The van der Waals surface area contributed by atoms with Gasteiger partial charge in [0.25, 0.3) is 5.91 Å². The van der Waals surface area contributed by atoms with Crippen LogP contribution in [0.15, 0.2) is 71.3 Å². The van der Waals surface area contributed by atoms with Crippen molar-refractivity contribution < 1.29 is 27.3 Å². The molecule has 0 bridgehead atoms. The number of urea groups is 1. The van der Waals surface area contributed by atoms with Crippen LogP contribution in [0.25, 0.3) is 11.0 Å². The number of amides is 3. The van der Waals surface area contributed by atoms with E-state index >= 15 is 0 Å². The van der Waals surface area contributed by atoms with Crippen molar-refractivity contribution in [3.05, 3.63) is 83.4 Å². The minimum absolute atomic E-state index is 0.109. The Balaban J connectivity index is 1.36. The highest BCUT2D eigenvalue weighted by molar-refractivity contribution is 6.14. The van der Waals surface area contributed by atoms with Crippen molar-refractivity contribution >= 4 is 40.1 Å². The lowest BCUT2D eigenvalue weighted by molar-refractivity contribution is -0.137. The highest BCUT2D eigenvalue weighted by Gasteiger charge is 2.30. The second-order valence-electron chi connectivity index (χ2n) is 7.28. The summed E-state index contributed by atoms with van der Waals surface area (Å²) in [6, 6.07) is 15.2. The summed E-state index contributed by atoms with van der Waals surface area (Å²) in [5.41, 5.74) is 7.07.